The number of nitrogens with one attached hydrogen (secondary N) is 2. The van der Waals surface area contributed by atoms with E-state index in [0.717, 1.165) is 17.7 Å². The number of hydrazine groups is 1. The van der Waals surface area contributed by atoms with E-state index >= 15 is 0 Å². The summed E-state index contributed by atoms with van der Waals surface area (Å²) in [5, 5.41) is 0.528. The van der Waals surface area contributed by atoms with Gasteiger partial charge in [0.25, 0.3) is 5.91 Å². The predicted octanol–water partition coefficient (Wildman–Crippen LogP) is 4.02. The van der Waals surface area contributed by atoms with Crippen LogP contribution in [-0.4, -0.2) is 12.5 Å². The van der Waals surface area contributed by atoms with E-state index in [1.807, 2.05) is 0 Å². The third-order valence-corrected chi connectivity index (χ3v) is 3.35. The third-order valence-electron chi connectivity index (χ3n) is 2.98. The zero-order chi connectivity index (χ0) is 17.6. The summed E-state index contributed by atoms with van der Waals surface area (Å²) in [4.78, 5) is 11.6. The molecule has 0 spiro atoms. The first kappa shape index (κ1) is 18.1. The molecule has 128 valence electrons. The molecule has 2 aromatic carbocycles. The van der Waals surface area contributed by atoms with Crippen molar-refractivity contribution >= 4 is 23.2 Å². The molecule has 0 aromatic heterocycles. The molecule has 0 saturated heterocycles. The molecular weight excluding hydrogens is 345 g/mol. The average Bonchev–Trinajstić information content (AvgIpc) is 2.54. The fourth-order valence-electron chi connectivity index (χ4n) is 1.82. The second-order valence-electron chi connectivity index (χ2n) is 4.84. The van der Waals surface area contributed by atoms with Gasteiger partial charge in [-0.1, -0.05) is 35.9 Å². The first-order chi connectivity index (χ1) is 11.4. The number of hydrogen-bond donors (Lipinski definition) is 2. The molecule has 0 heterocycles. The van der Waals surface area contributed by atoms with Gasteiger partial charge in [-0.05, 0) is 29.8 Å². The van der Waals surface area contributed by atoms with E-state index in [1.54, 1.807) is 24.3 Å². The Morgan fingerprint density at radius 1 is 1.12 bits per heavy atom. The van der Waals surface area contributed by atoms with Gasteiger partial charge < -0.3 is 4.74 Å². The molecule has 0 aliphatic carbocycles. The smallest absolute Gasteiger partial charge is 0.367 e. The van der Waals surface area contributed by atoms with Crippen molar-refractivity contribution < 1.29 is 22.7 Å². The largest absolute Gasteiger partial charge is 0.416 e. The minimum Gasteiger partial charge on any atom is -0.367 e. The summed E-state index contributed by atoms with van der Waals surface area (Å²) in [5.41, 5.74) is 4.72. The molecule has 24 heavy (non-hydrogen) atoms. The summed E-state index contributed by atoms with van der Waals surface area (Å²) in [6, 6.07) is 11.5. The van der Waals surface area contributed by atoms with Crippen LogP contribution in [-0.2, 0) is 22.3 Å². The zero-order valence-corrected chi connectivity index (χ0v) is 13.1. The number of rotatable bonds is 6. The normalized spacial score (nSPS) is 11.2. The van der Waals surface area contributed by atoms with Crippen LogP contribution in [0.4, 0.5) is 18.9 Å². The molecule has 2 N–H and O–H groups in total. The molecule has 0 bridgehead atoms. The minimum absolute atomic E-state index is 0.115. The highest BCUT2D eigenvalue weighted by molar-refractivity contribution is 6.31. The van der Waals surface area contributed by atoms with Crippen LogP contribution in [0.2, 0.25) is 5.02 Å². The second kappa shape index (κ2) is 8.03. The predicted molar refractivity (Wildman–Crippen MR) is 84.3 cm³/mol. The van der Waals surface area contributed by atoms with Crippen molar-refractivity contribution in [1.82, 2.24) is 5.43 Å². The van der Waals surface area contributed by atoms with Gasteiger partial charge in [0.05, 0.1) is 17.9 Å². The second-order valence-corrected chi connectivity index (χ2v) is 5.24. The van der Waals surface area contributed by atoms with E-state index in [9.17, 15) is 18.0 Å². The van der Waals surface area contributed by atoms with Gasteiger partial charge in [-0.15, -0.1) is 0 Å². The molecule has 8 heteroatoms. The Morgan fingerprint density at radius 3 is 2.58 bits per heavy atom. The highest BCUT2D eigenvalue weighted by Crippen LogP contribution is 2.30. The Balaban J connectivity index is 1.78. The summed E-state index contributed by atoms with van der Waals surface area (Å²) < 4.78 is 43.0. The summed E-state index contributed by atoms with van der Waals surface area (Å²) in [5.74, 6) is -0.528. The lowest BCUT2D eigenvalue weighted by molar-refractivity contribution is -0.137. The van der Waals surface area contributed by atoms with Crippen LogP contribution in [0.25, 0.3) is 0 Å². The van der Waals surface area contributed by atoms with Crippen molar-refractivity contribution in [2.24, 2.45) is 0 Å². The Bertz CT molecular complexity index is 708. The molecule has 0 atom stereocenters. The van der Waals surface area contributed by atoms with Crippen molar-refractivity contribution in [3.63, 3.8) is 0 Å². The third kappa shape index (κ3) is 5.43. The maximum Gasteiger partial charge on any atom is 0.416 e. The van der Waals surface area contributed by atoms with Crippen molar-refractivity contribution in [2.75, 3.05) is 12.0 Å². The number of benzene rings is 2. The van der Waals surface area contributed by atoms with Crippen LogP contribution < -0.4 is 10.9 Å². The average molecular weight is 359 g/mol. The first-order valence-corrected chi connectivity index (χ1v) is 7.27. The van der Waals surface area contributed by atoms with Crippen LogP contribution in [0.15, 0.2) is 48.5 Å². The van der Waals surface area contributed by atoms with E-state index in [0.29, 0.717) is 5.02 Å². The van der Waals surface area contributed by atoms with E-state index in [2.05, 4.69) is 10.9 Å². The van der Waals surface area contributed by atoms with Crippen molar-refractivity contribution in [3.8, 4) is 0 Å². The summed E-state index contributed by atoms with van der Waals surface area (Å²) in [6.45, 7) is -0.117. The molecule has 1 amide bonds. The topological polar surface area (TPSA) is 50.4 Å². The van der Waals surface area contributed by atoms with E-state index in [4.69, 9.17) is 16.3 Å². The number of halogens is 4. The molecule has 0 fully saturated rings. The number of amides is 1. The van der Waals surface area contributed by atoms with E-state index < -0.39 is 17.6 Å². The number of anilines is 1. The monoisotopic (exact) mass is 358 g/mol. The molecular formula is C16H14ClF3N2O2. The van der Waals surface area contributed by atoms with Gasteiger partial charge in [-0.2, -0.15) is 13.2 Å². The lowest BCUT2D eigenvalue weighted by Crippen LogP contribution is -2.32. The summed E-state index contributed by atoms with van der Waals surface area (Å²) >= 11 is 5.95. The van der Waals surface area contributed by atoms with E-state index in [1.165, 1.54) is 12.1 Å². The van der Waals surface area contributed by atoms with Crippen LogP contribution in [0, 0.1) is 0 Å². The van der Waals surface area contributed by atoms with Crippen LogP contribution >= 0.6 is 11.6 Å². The highest BCUT2D eigenvalue weighted by atomic mass is 35.5. The van der Waals surface area contributed by atoms with Gasteiger partial charge in [-0.3, -0.25) is 15.6 Å². The Morgan fingerprint density at radius 2 is 1.88 bits per heavy atom. The molecule has 0 aliphatic rings. The maximum atomic E-state index is 12.6. The Hall–Kier alpha value is -2.25. The van der Waals surface area contributed by atoms with Gasteiger partial charge in [0.1, 0.15) is 6.61 Å². The van der Waals surface area contributed by atoms with Gasteiger partial charge in [-0.25, -0.2) is 0 Å². The van der Waals surface area contributed by atoms with Gasteiger partial charge >= 0.3 is 6.18 Å². The summed E-state index contributed by atoms with van der Waals surface area (Å²) in [7, 11) is 0. The lowest BCUT2D eigenvalue weighted by Gasteiger charge is -2.12. The van der Waals surface area contributed by atoms with Crippen LogP contribution in [0.5, 0.6) is 0 Å². The number of ether oxygens (including phenoxy) is 1. The summed E-state index contributed by atoms with van der Waals surface area (Å²) in [6.07, 6.45) is -4.44. The van der Waals surface area contributed by atoms with E-state index in [-0.39, 0.29) is 18.9 Å². The highest BCUT2D eigenvalue weighted by Gasteiger charge is 2.30. The minimum atomic E-state index is -4.44. The maximum absolute atomic E-state index is 12.6. The van der Waals surface area contributed by atoms with Crippen molar-refractivity contribution in [1.29, 1.82) is 0 Å². The molecule has 0 unspecified atom stereocenters. The Labute approximate surface area is 141 Å². The number of alkyl halides is 3. The quantitative estimate of drug-likeness (QED) is 0.767. The number of carbonyl (C=O) groups is 1. The SMILES string of the molecule is O=C(COCc1ccccc1Cl)NNc1cccc(C(F)(F)F)c1. The number of hydrogen-bond acceptors (Lipinski definition) is 3. The van der Waals surface area contributed by atoms with Gasteiger partial charge in [0.2, 0.25) is 0 Å². The Kier molecular flexibility index (Phi) is 6.05. The zero-order valence-electron chi connectivity index (χ0n) is 12.4. The first-order valence-electron chi connectivity index (χ1n) is 6.89. The van der Waals surface area contributed by atoms with Crippen molar-refractivity contribution in [3.05, 3.63) is 64.7 Å². The lowest BCUT2D eigenvalue weighted by atomic mass is 10.2. The fourth-order valence-corrected chi connectivity index (χ4v) is 2.01. The van der Waals surface area contributed by atoms with Gasteiger partial charge in [0.15, 0.2) is 0 Å². The van der Waals surface area contributed by atoms with Crippen molar-refractivity contribution in [2.45, 2.75) is 12.8 Å². The molecule has 4 nitrogen and oxygen atoms in total. The molecule has 2 rings (SSSR count). The van der Waals surface area contributed by atoms with Crippen LogP contribution in [0.3, 0.4) is 0 Å². The molecule has 0 radical (unpaired) electrons. The standard InChI is InChI=1S/C16H14ClF3N2O2/c17-14-7-2-1-4-11(14)9-24-10-15(23)22-21-13-6-3-5-12(8-13)16(18,19)20/h1-8,21H,9-10H2,(H,22,23). The van der Waals surface area contributed by atoms with Crippen LogP contribution in [0.1, 0.15) is 11.1 Å². The molecule has 0 saturated carbocycles. The van der Waals surface area contributed by atoms with Gasteiger partial charge in [0, 0.05) is 5.02 Å². The fraction of sp³-hybridized carbons (Fsp3) is 0.188. The molecule has 2 aromatic rings. The number of carbonyl (C=O) groups excluding carboxylic acids is 1. The molecule has 0 aliphatic heterocycles.